The molecule has 0 bridgehead atoms. The third-order valence-corrected chi connectivity index (χ3v) is 2.88. The molecule has 0 saturated carbocycles. The summed E-state index contributed by atoms with van der Waals surface area (Å²) in [5, 5.41) is 20.5. The van der Waals surface area contributed by atoms with Crippen molar-refractivity contribution in [3.05, 3.63) is 34.9 Å². The molecule has 5 nitrogen and oxygen atoms in total. The van der Waals surface area contributed by atoms with Gasteiger partial charge in [-0.15, -0.1) is 0 Å². The Balaban J connectivity index is 2.94. The highest BCUT2D eigenvalue weighted by molar-refractivity contribution is 5.98. The first-order valence-corrected chi connectivity index (χ1v) is 5.62. The Morgan fingerprint density at radius 1 is 1.28 bits per heavy atom. The topological polar surface area (TPSA) is 86.6 Å². The third kappa shape index (κ3) is 3.07. The van der Waals surface area contributed by atoms with Crippen molar-refractivity contribution >= 4 is 11.9 Å². The fourth-order valence-corrected chi connectivity index (χ4v) is 1.60. The summed E-state index contributed by atoms with van der Waals surface area (Å²) in [5.41, 5.74) is 2.17. The fourth-order valence-electron chi connectivity index (χ4n) is 1.60. The van der Waals surface area contributed by atoms with E-state index in [9.17, 15) is 14.7 Å². The molecule has 0 heterocycles. The van der Waals surface area contributed by atoms with Crippen LogP contribution in [0.3, 0.4) is 0 Å². The van der Waals surface area contributed by atoms with Crippen LogP contribution < -0.4 is 5.32 Å². The number of aliphatic hydroxyl groups excluding tert-OH is 1. The second-order valence-electron chi connectivity index (χ2n) is 4.28. The third-order valence-electron chi connectivity index (χ3n) is 2.88. The number of aliphatic carboxylic acids is 1. The molecule has 1 aromatic carbocycles. The van der Waals surface area contributed by atoms with Crippen LogP contribution in [0, 0.1) is 13.8 Å². The minimum absolute atomic E-state index is 0.418. The molecule has 1 rings (SSSR count). The number of aliphatic hydroxyl groups is 1. The number of amides is 1. The van der Waals surface area contributed by atoms with E-state index in [1.807, 2.05) is 13.0 Å². The van der Waals surface area contributed by atoms with E-state index in [1.165, 1.54) is 6.92 Å². The van der Waals surface area contributed by atoms with Crippen molar-refractivity contribution < 1.29 is 19.8 Å². The first-order chi connectivity index (χ1) is 8.34. The number of carboxylic acids is 1. The van der Waals surface area contributed by atoms with E-state index < -0.39 is 24.0 Å². The van der Waals surface area contributed by atoms with Crippen LogP contribution in [0.2, 0.25) is 0 Å². The number of nitrogens with one attached hydrogen (secondary N) is 1. The summed E-state index contributed by atoms with van der Waals surface area (Å²) in [4.78, 5) is 22.8. The highest BCUT2D eigenvalue weighted by Gasteiger charge is 2.25. The molecule has 0 spiro atoms. The maximum Gasteiger partial charge on any atom is 0.328 e. The predicted molar refractivity (Wildman–Crippen MR) is 66.5 cm³/mol. The van der Waals surface area contributed by atoms with E-state index in [0.717, 1.165) is 11.1 Å². The van der Waals surface area contributed by atoms with Gasteiger partial charge in [-0.05, 0) is 38.0 Å². The lowest BCUT2D eigenvalue weighted by Gasteiger charge is -2.18. The monoisotopic (exact) mass is 251 g/mol. The van der Waals surface area contributed by atoms with Crippen LogP contribution >= 0.6 is 0 Å². The van der Waals surface area contributed by atoms with E-state index in [4.69, 9.17) is 5.11 Å². The number of carbonyl (C=O) groups excluding carboxylic acids is 1. The van der Waals surface area contributed by atoms with E-state index in [0.29, 0.717) is 5.56 Å². The summed E-state index contributed by atoms with van der Waals surface area (Å²) < 4.78 is 0. The normalized spacial score (nSPS) is 13.8. The van der Waals surface area contributed by atoms with Crippen molar-refractivity contribution in [2.24, 2.45) is 0 Å². The molecule has 0 fully saturated rings. The Hall–Kier alpha value is -1.88. The maximum absolute atomic E-state index is 12.0. The van der Waals surface area contributed by atoms with Crippen LogP contribution in [0.1, 0.15) is 28.4 Å². The summed E-state index contributed by atoms with van der Waals surface area (Å²) in [6, 6.07) is 3.92. The van der Waals surface area contributed by atoms with Gasteiger partial charge in [0.25, 0.3) is 5.91 Å². The minimum atomic E-state index is -1.31. The highest BCUT2D eigenvalue weighted by atomic mass is 16.4. The van der Waals surface area contributed by atoms with Crippen molar-refractivity contribution in [1.82, 2.24) is 5.32 Å². The molecule has 1 amide bonds. The van der Waals surface area contributed by atoms with Crippen LogP contribution in [0.25, 0.3) is 0 Å². The van der Waals surface area contributed by atoms with E-state index >= 15 is 0 Å². The molecule has 0 aliphatic carbocycles. The van der Waals surface area contributed by atoms with Gasteiger partial charge in [-0.2, -0.15) is 0 Å². The van der Waals surface area contributed by atoms with Gasteiger partial charge in [0.15, 0.2) is 6.04 Å². The fraction of sp³-hybridized carbons (Fsp3) is 0.385. The Kier molecular flexibility index (Phi) is 4.44. The zero-order valence-corrected chi connectivity index (χ0v) is 10.6. The molecule has 98 valence electrons. The Bertz CT molecular complexity index is 468. The van der Waals surface area contributed by atoms with Crippen LogP contribution in [-0.4, -0.2) is 34.2 Å². The van der Waals surface area contributed by atoms with Crippen LogP contribution in [0.15, 0.2) is 18.2 Å². The van der Waals surface area contributed by atoms with Gasteiger partial charge in [-0.1, -0.05) is 12.1 Å². The number of hydrogen-bond acceptors (Lipinski definition) is 3. The van der Waals surface area contributed by atoms with Gasteiger partial charge in [0.05, 0.1) is 6.10 Å². The molecule has 2 atom stereocenters. The summed E-state index contributed by atoms with van der Waals surface area (Å²) in [6.45, 7) is 4.99. The zero-order chi connectivity index (χ0) is 13.9. The average molecular weight is 251 g/mol. The number of hydrogen-bond donors (Lipinski definition) is 3. The Morgan fingerprint density at radius 2 is 1.89 bits per heavy atom. The van der Waals surface area contributed by atoms with Crippen LogP contribution in [0.4, 0.5) is 0 Å². The number of benzene rings is 1. The second kappa shape index (κ2) is 5.64. The van der Waals surface area contributed by atoms with Crippen molar-refractivity contribution in [1.29, 1.82) is 0 Å². The zero-order valence-electron chi connectivity index (χ0n) is 10.6. The number of carbonyl (C=O) groups is 2. The van der Waals surface area contributed by atoms with Gasteiger partial charge in [-0.3, -0.25) is 4.79 Å². The smallest absolute Gasteiger partial charge is 0.328 e. The molecule has 18 heavy (non-hydrogen) atoms. The lowest BCUT2D eigenvalue weighted by molar-refractivity contribution is -0.141. The van der Waals surface area contributed by atoms with Crippen molar-refractivity contribution in [3.8, 4) is 0 Å². The minimum Gasteiger partial charge on any atom is -0.480 e. The van der Waals surface area contributed by atoms with Crippen molar-refractivity contribution in [2.75, 3.05) is 0 Å². The molecular weight excluding hydrogens is 234 g/mol. The Morgan fingerprint density at radius 3 is 2.39 bits per heavy atom. The average Bonchev–Trinajstić information content (AvgIpc) is 2.28. The summed E-state index contributed by atoms with van der Waals surface area (Å²) in [6.07, 6.45) is -1.16. The van der Waals surface area contributed by atoms with Crippen LogP contribution in [0.5, 0.6) is 0 Å². The molecule has 0 aliphatic heterocycles. The second-order valence-corrected chi connectivity index (χ2v) is 4.28. The van der Waals surface area contributed by atoms with E-state index in [2.05, 4.69) is 5.32 Å². The summed E-state index contributed by atoms with van der Waals surface area (Å²) in [5.74, 6) is -1.76. The quantitative estimate of drug-likeness (QED) is 0.741. The van der Waals surface area contributed by atoms with E-state index in [1.54, 1.807) is 19.1 Å². The van der Waals surface area contributed by atoms with Crippen molar-refractivity contribution in [3.63, 3.8) is 0 Å². The van der Waals surface area contributed by atoms with Gasteiger partial charge in [0.2, 0.25) is 0 Å². The Labute approximate surface area is 105 Å². The molecule has 1 aromatic rings. The van der Waals surface area contributed by atoms with Gasteiger partial charge in [0.1, 0.15) is 0 Å². The molecule has 5 heteroatoms. The number of rotatable bonds is 4. The van der Waals surface area contributed by atoms with Crippen molar-refractivity contribution in [2.45, 2.75) is 32.9 Å². The number of aryl methyl sites for hydroxylation is 1. The molecule has 3 N–H and O–H groups in total. The molecule has 0 aromatic heterocycles. The lowest BCUT2D eigenvalue weighted by Crippen LogP contribution is -2.47. The van der Waals surface area contributed by atoms with Gasteiger partial charge in [0, 0.05) is 5.56 Å². The first kappa shape index (κ1) is 14.2. The molecular formula is C13H17NO4. The number of carboxylic acid groups (broad SMARTS) is 1. The van der Waals surface area contributed by atoms with Crippen LogP contribution in [-0.2, 0) is 4.79 Å². The SMILES string of the molecule is Cc1cccc(C(=O)N[C@H](C(=O)O)[C@@H](C)O)c1C. The largest absolute Gasteiger partial charge is 0.480 e. The summed E-state index contributed by atoms with van der Waals surface area (Å²) >= 11 is 0. The standard InChI is InChI=1S/C13H17NO4/c1-7-5-4-6-10(8(7)2)12(16)14-11(9(3)15)13(17)18/h4-6,9,11,15H,1-3H3,(H,14,16)(H,17,18)/t9-,11+/m1/s1. The van der Waals surface area contributed by atoms with Gasteiger partial charge >= 0.3 is 5.97 Å². The molecule has 0 aliphatic rings. The highest BCUT2D eigenvalue weighted by Crippen LogP contribution is 2.12. The predicted octanol–water partition coefficient (Wildman–Crippen LogP) is 0.867. The van der Waals surface area contributed by atoms with E-state index in [-0.39, 0.29) is 0 Å². The summed E-state index contributed by atoms with van der Waals surface area (Å²) in [7, 11) is 0. The first-order valence-electron chi connectivity index (χ1n) is 5.62. The lowest BCUT2D eigenvalue weighted by atomic mass is 10.0. The van der Waals surface area contributed by atoms with Gasteiger partial charge < -0.3 is 15.5 Å². The maximum atomic E-state index is 12.0. The van der Waals surface area contributed by atoms with Gasteiger partial charge in [-0.25, -0.2) is 4.79 Å². The molecule has 0 radical (unpaired) electrons. The molecule has 0 unspecified atom stereocenters. The molecule has 0 saturated heterocycles.